The molecular formula is C17H21ClN4O. The van der Waals surface area contributed by atoms with Gasteiger partial charge in [-0.05, 0) is 37.1 Å². The summed E-state index contributed by atoms with van der Waals surface area (Å²) in [5, 5.41) is 11.3. The van der Waals surface area contributed by atoms with Crippen LogP contribution in [-0.4, -0.2) is 28.8 Å². The van der Waals surface area contributed by atoms with Crippen molar-refractivity contribution in [3.63, 3.8) is 0 Å². The van der Waals surface area contributed by atoms with Crippen molar-refractivity contribution >= 4 is 17.5 Å². The number of nitrogens with one attached hydrogen (secondary N) is 2. The SMILES string of the molecule is O=C(Cn1nccc1[C@@H]1CCCNC1)NCc1ccccc1Cl. The van der Waals surface area contributed by atoms with Crippen LogP contribution in [0.3, 0.4) is 0 Å². The van der Waals surface area contributed by atoms with Gasteiger partial charge in [-0.1, -0.05) is 29.8 Å². The van der Waals surface area contributed by atoms with E-state index in [0.717, 1.165) is 37.2 Å². The van der Waals surface area contributed by atoms with Crippen LogP contribution in [0.15, 0.2) is 36.5 Å². The molecule has 0 bridgehead atoms. The van der Waals surface area contributed by atoms with Gasteiger partial charge in [-0.25, -0.2) is 0 Å². The van der Waals surface area contributed by atoms with Gasteiger partial charge in [0.2, 0.25) is 5.91 Å². The van der Waals surface area contributed by atoms with Crippen molar-refractivity contribution in [2.45, 2.75) is 31.8 Å². The normalized spacial score (nSPS) is 17.9. The van der Waals surface area contributed by atoms with Gasteiger partial charge in [-0.3, -0.25) is 9.48 Å². The van der Waals surface area contributed by atoms with E-state index in [1.807, 2.05) is 30.3 Å². The molecule has 0 radical (unpaired) electrons. The van der Waals surface area contributed by atoms with Crippen molar-refractivity contribution < 1.29 is 4.79 Å². The second-order valence-electron chi connectivity index (χ2n) is 5.83. The van der Waals surface area contributed by atoms with Crippen LogP contribution in [-0.2, 0) is 17.9 Å². The molecule has 1 aliphatic heterocycles. The first-order valence-corrected chi connectivity index (χ1v) is 8.34. The number of halogens is 1. The van der Waals surface area contributed by atoms with Gasteiger partial charge in [0, 0.05) is 35.9 Å². The summed E-state index contributed by atoms with van der Waals surface area (Å²) >= 11 is 6.10. The monoisotopic (exact) mass is 332 g/mol. The Kier molecular flexibility index (Phi) is 5.31. The molecule has 1 fully saturated rings. The summed E-state index contributed by atoms with van der Waals surface area (Å²) in [5.74, 6) is 0.376. The molecule has 0 aliphatic carbocycles. The van der Waals surface area contributed by atoms with Crippen molar-refractivity contribution in [3.05, 3.63) is 52.8 Å². The quantitative estimate of drug-likeness (QED) is 0.883. The minimum atomic E-state index is -0.0568. The summed E-state index contributed by atoms with van der Waals surface area (Å²) in [4.78, 5) is 12.2. The average Bonchev–Trinajstić information content (AvgIpc) is 3.03. The van der Waals surface area contributed by atoms with Gasteiger partial charge >= 0.3 is 0 Å². The first kappa shape index (κ1) is 16.0. The van der Waals surface area contributed by atoms with Crippen LogP contribution < -0.4 is 10.6 Å². The summed E-state index contributed by atoms with van der Waals surface area (Å²) in [6, 6.07) is 9.54. The Labute approximate surface area is 141 Å². The predicted molar refractivity (Wildman–Crippen MR) is 90.4 cm³/mol. The highest BCUT2D eigenvalue weighted by molar-refractivity contribution is 6.31. The van der Waals surface area contributed by atoms with E-state index in [1.54, 1.807) is 10.9 Å². The zero-order valence-corrected chi connectivity index (χ0v) is 13.7. The van der Waals surface area contributed by atoms with E-state index in [0.29, 0.717) is 17.5 Å². The molecule has 0 saturated carbocycles. The lowest BCUT2D eigenvalue weighted by Gasteiger charge is -2.23. The molecule has 0 spiro atoms. The zero-order valence-electron chi connectivity index (χ0n) is 13.0. The minimum Gasteiger partial charge on any atom is -0.350 e. The molecule has 1 aliphatic rings. The maximum Gasteiger partial charge on any atom is 0.242 e. The number of piperidine rings is 1. The van der Waals surface area contributed by atoms with Crippen molar-refractivity contribution in [2.24, 2.45) is 0 Å². The lowest BCUT2D eigenvalue weighted by Crippen LogP contribution is -2.32. The predicted octanol–water partition coefficient (Wildman–Crippen LogP) is 2.32. The molecule has 0 unspecified atom stereocenters. The second-order valence-corrected chi connectivity index (χ2v) is 6.23. The molecule has 1 aromatic heterocycles. The summed E-state index contributed by atoms with van der Waals surface area (Å²) in [7, 11) is 0. The third-order valence-electron chi connectivity index (χ3n) is 4.19. The Morgan fingerprint density at radius 3 is 3.04 bits per heavy atom. The van der Waals surface area contributed by atoms with Gasteiger partial charge in [0.25, 0.3) is 0 Å². The fourth-order valence-corrected chi connectivity index (χ4v) is 3.16. The summed E-state index contributed by atoms with van der Waals surface area (Å²) in [6.07, 6.45) is 4.07. The van der Waals surface area contributed by atoms with Gasteiger partial charge in [-0.15, -0.1) is 0 Å². The van der Waals surface area contributed by atoms with Gasteiger partial charge in [0.15, 0.2) is 0 Å². The number of rotatable bonds is 5. The second kappa shape index (κ2) is 7.62. The highest BCUT2D eigenvalue weighted by Gasteiger charge is 2.19. The van der Waals surface area contributed by atoms with Gasteiger partial charge < -0.3 is 10.6 Å². The van der Waals surface area contributed by atoms with E-state index in [1.165, 1.54) is 0 Å². The Hall–Kier alpha value is -1.85. The van der Waals surface area contributed by atoms with Gasteiger partial charge in [0.1, 0.15) is 6.54 Å². The fourth-order valence-electron chi connectivity index (χ4n) is 2.95. The minimum absolute atomic E-state index is 0.0568. The summed E-state index contributed by atoms with van der Waals surface area (Å²) in [5.41, 5.74) is 2.05. The molecule has 2 N–H and O–H groups in total. The average molecular weight is 333 g/mol. The molecule has 1 amide bonds. The topological polar surface area (TPSA) is 59.0 Å². The van der Waals surface area contributed by atoms with E-state index in [-0.39, 0.29) is 12.5 Å². The molecule has 1 atom stereocenters. The number of carbonyl (C=O) groups is 1. The van der Waals surface area contributed by atoms with Crippen molar-refractivity contribution in [1.29, 1.82) is 0 Å². The third kappa shape index (κ3) is 4.12. The van der Waals surface area contributed by atoms with Crippen molar-refractivity contribution in [2.75, 3.05) is 13.1 Å². The van der Waals surface area contributed by atoms with Crippen LogP contribution in [0.4, 0.5) is 0 Å². The van der Waals surface area contributed by atoms with Crippen LogP contribution in [0.25, 0.3) is 0 Å². The molecular weight excluding hydrogens is 312 g/mol. The van der Waals surface area contributed by atoms with E-state index >= 15 is 0 Å². The zero-order chi connectivity index (χ0) is 16.1. The molecule has 1 saturated heterocycles. The first-order valence-electron chi connectivity index (χ1n) is 7.96. The molecule has 6 heteroatoms. The van der Waals surface area contributed by atoms with Gasteiger partial charge in [0.05, 0.1) is 0 Å². The number of hydrogen-bond acceptors (Lipinski definition) is 3. The Bertz CT molecular complexity index is 664. The molecule has 3 rings (SSSR count). The number of hydrogen-bond donors (Lipinski definition) is 2. The maximum atomic E-state index is 12.2. The standard InChI is InChI=1S/C17H21ClN4O/c18-15-6-2-1-4-13(15)11-20-17(23)12-22-16(7-9-21-22)14-5-3-8-19-10-14/h1-2,4,6-7,9,14,19H,3,5,8,10-12H2,(H,20,23)/t14-/m1/s1. The lowest BCUT2D eigenvalue weighted by atomic mass is 9.96. The van der Waals surface area contributed by atoms with E-state index in [2.05, 4.69) is 15.7 Å². The van der Waals surface area contributed by atoms with Crippen molar-refractivity contribution in [1.82, 2.24) is 20.4 Å². The van der Waals surface area contributed by atoms with Crippen LogP contribution in [0, 0.1) is 0 Å². The Morgan fingerprint density at radius 1 is 1.39 bits per heavy atom. The third-order valence-corrected chi connectivity index (χ3v) is 4.56. The van der Waals surface area contributed by atoms with Crippen LogP contribution in [0.5, 0.6) is 0 Å². The number of benzene rings is 1. The number of nitrogens with zero attached hydrogens (tertiary/aromatic N) is 2. The van der Waals surface area contributed by atoms with E-state index in [4.69, 9.17) is 11.6 Å². The van der Waals surface area contributed by atoms with Crippen LogP contribution >= 0.6 is 11.6 Å². The smallest absolute Gasteiger partial charge is 0.242 e. The maximum absolute atomic E-state index is 12.2. The number of carbonyl (C=O) groups excluding carboxylic acids is 1. The number of amides is 1. The number of aromatic nitrogens is 2. The Morgan fingerprint density at radius 2 is 2.26 bits per heavy atom. The van der Waals surface area contributed by atoms with Gasteiger partial charge in [-0.2, -0.15) is 5.10 Å². The molecule has 2 aromatic rings. The molecule has 1 aromatic carbocycles. The highest BCUT2D eigenvalue weighted by atomic mass is 35.5. The Balaban J connectivity index is 1.58. The largest absolute Gasteiger partial charge is 0.350 e. The lowest BCUT2D eigenvalue weighted by molar-refractivity contribution is -0.122. The van der Waals surface area contributed by atoms with Crippen molar-refractivity contribution in [3.8, 4) is 0 Å². The van der Waals surface area contributed by atoms with E-state index in [9.17, 15) is 4.79 Å². The molecule has 5 nitrogen and oxygen atoms in total. The molecule has 122 valence electrons. The van der Waals surface area contributed by atoms with Crippen LogP contribution in [0.1, 0.15) is 30.0 Å². The fraction of sp³-hybridized carbons (Fsp3) is 0.412. The van der Waals surface area contributed by atoms with E-state index < -0.39 is 0 Å². The molecule has 23 heavy (non-hydrogen) atoms. The molecule has 2 heterocycles. The first-order chi connectivity index (χ1) is 11.2. The summed E-state index contributed by atoms with van der Waals surface area (Å²) < 4.78 is 1.81. The van der Waals surface area contributed by atoms with Crippen LogP contribution in [0.2, 0.25) is 5.02 Å². The summed E-state index contributed by atoms with van der Waals surface area (Å²) in [6.45, 7) is 2.69. The highest BCUT2D eigenvalue weighted by Crippen LogP contribution is 2.22.